The van der Waals surface area contributed by atoms with Gasteiger partial charge in [0.05, 0.1) is 6.26 Å². The van der Waals surface area contributed by atoms with E-state index in [4.69, 9.17) is 4.42 Å². The minimum absolute atomic E-state index is 0.551. The van der Waals surface area contributed by atoms with E-state index in [1.807, 2.05) is 12.1 Å². The molecule has 0 aliphatic rings. The molecule has 0 unspecified atom stereocenters. The van der Waals surface area contributed by atoms with Gasteiger partial charge in [0.15, 0.2) is 0 Å². The van der Waals surface area contributed by atoms with Crippen LogP contribution in [0.25, 0.3) is 0 Å². The number of rotatable bonds is 5. The minimum atomic E-state index is 0.551. The smallest absolute Gasteiger partial charge is 0.210 e. The van der Waals surface area contributed by atoms with Crippen LogP contribution in [0.3, 0.4) is 0 Å². The average molecular weight is 300 g/mol. The molecule has 0 bridgehead atoms. The van der Waals surface area contributed by atoms with E-state index in [-0.39, 0.29) is 0 Å². The molecule has 0 saturated heterocycles. The Kier molecular flexibility index (Phi) is 4.06. The molecule has 3 rings (SSSR count). The molecule has 0 spiro atoms. The van der Waals surface area contributed by atoms with Crippen molar-refractivity contribution in [1.82, 2.24) is 20.2 Å². The first-order valence-corrected chi connectivity index (χ1v) is 7.68. The number of hydrogen-bond acceptors (Lipinski definition) is 5. The molecule has 0 radical (unpaired) electrons. The predicted molar refractivity (Wildman–Crippen MR) is 81.1 cm³/mol. The number of hydrogen-bond donors (Lipinski definition) is 0. The van der Waals surface area contributed by atoms with Gasteiger partial charge in [0.25, 0.3) is 0 Å². The van der Waals surface area contributed by atoms with Crippen LogP contribution < -0.4 is 0 Å². The highest BCUT2D eigenvalue weighted by Crippen LogP contribution is 2.23. The van der Waals surface area contributed by atoms with Gasteiger partial charge in [0.2, 0.25) is 5.16 Å². The summed E-state index contributed by atoms with van der Waals surface area (Å²) in [6.45, 7) is 4.78. The van der Waals surface area contributed by atoms with Gasteiger partial charge in [-0.1, -0.05) is 35.5 Å². The number of aryl methyl sites for hydroxylation is 2. The molecule has 2 heterocycles. The van der Waals surface area contributed by atoms with Crippen LogP contribution in [0.2, 0.25) is 0 Å². The predicted octanol–water partition coefficient (Wildman–Crippen LogP) is 3.22. The lowest BCUT2D eigenvalue weighted by atomic mass is 10.1. The second-order valence-corrected chi connectivity index (χ2v) is 5.86. The summed E-state index contributed by atoms with van der Waals surface area (Å²) in [4.78, 5) is 0. The molecule has 2 aromatic heterocycles. The normalized spacial score (nSPS) is 11.0. The first-order chi connectivity index (χ1) is 10.2. The monoisotopic (exact) mass is 300 g/mol. The summed E-state index contributed by atoms with van der Waals surface area (Å²) in [5.74, 6) is 1.70. The Labute approximate surface area is 127 Å². The number of thioether (sulfide) groups is 1. The van der Waals surface area contributed by atoms with Crippen molar-refractivity contribution in [3.8, 4) is 0 Å². The number of nitrogens with zero attached hydrogens (tertiary/aromatic N) is 4. The summed E-state index contributed by atoms with van der Waals surface area (Å²) in [5.41, 5.74) is 3.87. The molecule has 0 atom stereocenters. The fourth-order valence-corrected chi connectivity index (χ4v) is 2.99. The maximum Gasteiger partial charge on any atom is 0.210 e. The summed E-state index contributed by atoms with van der Waals surface area (Å²) in [6.07, 6.45) is 1.66. The van der Waals surface area contributed by atoms with Crippen molar-refractivity contribution in [1.29, 1.82) is 0 Å². The van der Waals surface area contributed by atoms with Crippen LogP contribution in [-0.2, 0) is 12.3 Å². The molecule has 6 heteroatoms. The Morgan fingerprint density at radius 2 is 2.14 bits per heavy atom. The van der Waals surface area contributed by atoms with Gasteiger partial charge in [0, 0.05) is 5.75 Å². The lowest BCUT2D eigenvalue weighted by Gasteiger charge is -2.06. The molecule has 0 aliphatic carbocycles. The van der Waals surface area contributed by atoms with Crippen LogP contribution in [0, 0.1) is 13.8 Å². The summed E-state index contributed by atoms with van der Waals surface area (Å²) in [5, 5.41) is 12.7. The fourth-order valence-electron chi connectivity index (χ4n) is 2.05. The van der Waals surface area contributed by atoms with Crippen molar-refractivity contribution in [2.75, 3.05) is 0 Å². The number of tetrazole rings is 1. The van der Waals surface area contributed by atoms with Gasteiger partial charge in [-0.15, -0.1) is 5.10 Å². The first-order valence-electron chi connectivity index (χ1n) is 6.70. The Hall–Kier alpha value is -2.08. The zero-order valence-corrected chi connectivity index (χ0v) is 12.8. The molecule has 5 nitrogen and oxygen atoms in total. The summed E-state index contributed by atoms with van der Waals surface area (Å²) in [7, 11) is 0. The Balaban J connectivity index is 1.71. The van der Waals surface area contributed by atoms with Crippen LogP contribution in [0.4, 0.5) is 0 Å². The third-order valence-corrected chi connectivity index (χ3v) is 4.25. The van der Waals surface area contributed by atoms with Crippen molar-refractivity contribution in [3.05, 3.63) is 59.0 Å². The van der Waals surface area contributed by atoms with E-state index in [1.54, 1.807) is 22.7 Å². The second-order valence-electron chi connectivity index (χ2n) is 4.92. The summed E-state index contributed by atoms with van der Waals surface area (Å²) < 4.78 is 7.09. The molecule has 0 fully saturated rings. The number of furan rings is 1. The van der Waals surface area contributed by atoms with E-state index >= 15 is 0 Å². The van der Waals surface area contributed by atoms with E-state index < -0.39 is 0 Å². The molecular weight excluding hydrogens is 284 g/mol. The van der Waals surface area contributed by atoms with E-state index in [0.29, 0.717) is 6.54 Å². The van der Waals surface area contributed by atoms with Gasteiger partial charge in [-0.05, 0) is 47.5 Å². The van der Waals surface area contributed by atoms with Crippen molar-refractivity contribution < 1.29 is 4.42 Å². The Morgan fingerprint density at radius 1 is 1.24 bits per heavy atom. The van der Waals surface area contributed by atoms with Gasteiger partial charge in [-0.2, -0.15) is 0 Å². The first kappa shape index (κ1) is 13.9. The number of benzene rings is 1. The van der Waals surface area contributed by atoms with E-state index in [9.17, 15) is 0 Å². The highest BCUT2D eigenvalue weighted by Gasteiger charge is 2.10. The van der Waals surface area contributed by atoms with Gasteiger partial charge in [-0.3, -0.25) is 0 Å². The largest absolute Gasteiger partial charge is 0.467 e. The molecule has 0 amide bonds. The van der Waals surface area contributed by atoms with Crippen molar-refractivity contribution in [2.24, 2.45) is 0 Å². The molecule has 3 aromatic rings. The quantitative estimate of drug-likeness (QED) is 0.677. The molecule has 0 N–H and O–H groups in total. The molecular formula is C15H16N4OS. The molecule has 1 aromatic carbocycles. The minimum Gasteiger partial charge on any atom is -0.467 e. The van der Waals surface area contributed by atoms with Crippen LogP contribution in [0.1, 0.15) is 22.5 Å². The Bertz CT molecular complexity index is 721. The maximum atomic E-state index is 5.33. The second kappa shape index (κ2) is 6.13. The number of aromatic nitrogens is 4. The highest BCUT2D eigenvalue weighted by atomic mass is 32.2. The van der Waals surface area contributed by atoms with Crippen molar-refractivity contribution in [3.63, 3.8) is 0 Å². The molecule has 108 valence electrons. The van der Waals surface area contributed by atoms with E-state index in [2.05, 4.69) is 47.6 Å². The third-order valence-electron chi connectivity index (χ3n) is 3.25. The maximum absolute atomic E-state index is 5.33. The Morgan fingerprint density at radius 3 is 2.95 bits per heavy atom. The standard InChI is InChI=1S/C15H16N4OS/c1-11-5-6-12(2)13(8-11)10-21-15-16-17-18-19(15)9-14-4-3-7-20-14/h3-8H,9-10H2,1-2H3. The topological polar surface area (TPSA) is 56.7 Å². The van der Waals surface area contributed by atoms with E-state index in [0.717, 1.165) is 16.7 Å². The summed E-state index contributed by atoms with van der Waals surface area (Å²) >= 11 is 1.64. The summed E-state index contributed by atoms with van der Waals surface area (Å²) in [6, 6.07) is 10.3. The molecule has 0 saturated carbocycles. The van der Waals surface area contributed by atoms with Gasteiger partial charge < -0.3 is 4.42 Å². The third kappa shape index (κ3) is 3.33. The van der Waals surface area contributed by atoms with E-state index in [1.165, 1.54) is 16.7 Å². The molecule has 0 aliphatic heterocycles. The zero-order chi connectivity index (χ0) is 14.7. The van der Waals surface area contributed by atoms with Crippen molar-refractivity contribution in [2.45, 2.75) is 31.3 Å². The van der Waals surface area contributed by atoms with Crippen LogP contribution in [0.5, 0.6) is 0 Å². The molecule has 21 heavy (non-hydrogen) atoms. The lowest BCUT2D eigenvalue weighted by Crippen LogP contribution is -2.03. The average Bonchev–Trinajstić information content (AvgIpc) is 3.12. The lowest BCUT2D eigenvalue weighted by molar-refractivity contribution is 0.462. The van der Waals surface area contributed by atoms with Crippen LogP contribution in [-0.4, -0.2) is 20.2 Å². The van der Waals surface area contributed by atoms with Crippen LogP contribution >= 0.6 is 11.8 Å². The zero-order valence-electron chi connectivity index (χ0n) is 12.0. The van der Waals surface area contributed by atoms with Gasteiger partial charge in [-0.25, -0.2) is 4.68 Å². The van der Waals surface area contributed by atoms with Crippen molar-refractivity contribution >= 4 is 11.8 Å². The highest BCUT2D eigenvalue weighted by molar-refractivity contribution is 7.98. The van der Waals surface area contributed by atoms with Gasteiger partial charge in [0.1, 0.15) is 12.3 Å². The van der Waals surface area contributed by atoms with Gasteiger partial charge >= 0.3 is 0 Å². The fraction of sp³-hybridized carbons (Fsp3) is 0.267. The SMILES string of the molecule is Cc1ccc(C)c(CSc2nnnn2Cc2ccco2)c1. The van der Waals surface area contributed by atoms with Crippen LogP contribution in [0.15, 0.2) is 46.2 Å².